The van der Waals surface area contributed by atoms with Crippen LogP contribution in [0.3, 0.4) is 0 Å². The molecule has 3 aliphatic carbocycles. The van der Waals surface area contributed by atoms with Gasteiger partial charge < -0.3 is 20.4 Å². The van der Waals surface area contributed by atoms with Gasteiger partial charge in [0.2, 0.25) is 5.78 Å². The van der Waals surface area contributed by atoms with E-state index in [2.05, 4.69) is 6.58 Å². The Labute approximate surface area is 262 Å². The number of aliphatic hydroxyl groups excluding tert-OH is 2. The Morgan fingerprint density at radius 3 is 2.27 bits per heavy atom. The summed E-state index contributed by atoms with van der Waals surface area (Å²) >= 11 is 0. The fourth-order valence-electron chi connectivity index (χ4n) is 8.37. The van der Waals surface area contributed by atoms with Crippen molar-refractivity contribution in [1.29, 1.82) is 0 Å². The average Bonchev–Trinajstić information content (AvgIpc) is 2.94. The Morgan fingerprint density at radius 2 is 1.69 bits per heavy atom. The highest BCUT2D eigenvalue weighted by Gasteiger charge is 2.72. The van der Waals surface area contributed by atoms with Gasteiger partial charge in [-0.25, -0.2) is 0 Å². The third-order valence-corrected chi connectivity index (χ3v) is 10.2. The van der Waals surface area contributed by atoms with Crippen molar-refractivity contribution in [2.45, 2.75) is 72.3 Å². The zero-order valence-corrected chi connectivity index (χ0v) is 26.4. The molecule has 4 N–H and O–H groups in total. The predicted molar refractivity (Wildman–Crippen MR) is 169 cm³/mol. The van der Waals surface area contributed by atoms with Gasteiger partial charge in [0.1, 0.15) is 28.6 Å². The van der Waals surface area contributed by atoms with Crippen molar-refractivity contribution in [2.75, 3.05) is 0 Å². The Morgan fingerprint density at radius 1 is 1.04 bits per heavy atom. The summed E-state index contributed by atoms with van der Waals surface area (Å²) in [6.07, 6.45) is 3.23. The van der Waals surface area contributed by atoms with Crippen molar-refractivity contribution in [1.82, 2.24) is 0 Å². The number of allylic oxidation sites excluding steroid dienone is 2. The number of ketones is 4. The van der Waals surface area contributed by atoms with Crippen LogP contribution in [0.5, 0.6) is 5.75 Å². The maximum Gasteiger partial charge on any atom is 0.203 e. The first-order valence-corrected chi connectivity index (χ1v) is 15.3. The molecule has 0 spiro atoms. The number of Topliss-reactive ketones (excluding diaryl/α,β-unsaturated/α-hetero) is 4. The molecule has 1 fully saturated rings. The second kappa shape index (κ2) is 10.9. The van der Waals surface area contributed by atoms with Gasteiger partial charge in [-0.3, -0.25) is 19.2 Å². The van der Waals surface area contributed by atoms with Gasteiger partial charge in [-0.05, 0) is 60.4 Å². The molecule has 0 amide bonds. The number of carbonyl (C=O) groups is 4. The first-order chi connectivity index (χ1) is 21.0. The van der Waals surface area contributed by atoms with E-state index in [4.69, 9.17) is 0 Å². The zero-order valence-electron chi connectivity index (χ0n) is 26.4. The van der Waals surface area contributed by atoms with Crippen LogP contribution in [0.1, 0.15) is 70.6 Å². The SMILES string of the molecule is C=CCCC(=O)Cc1ccc(-c2ccc(O)c3c2C[C@]2(C)C[C@]4(C)C(C(C)C)C(=O)C(C(C)=O)=C(O)[C@]4(O)C(=O)C2=C3O)cc1. The van der Waals surface area contributed by atoms with Gasteiger partial charge in [-0.15, -0.1) is 6.58 Å². The monoisotopic (exact) mass is 612 g/mol. The van der Waals surface area contributed by atoms with E-state index in [9.17, 15) is 39.6 Å². The Bertz CT molecular complexity index is 1720. The summed E-state index contributed by atoms with van der Waals surface area (Å²) in [6, 6.07) is 10.6. The highest BCUT2D eigenvalue weighted by molar-refractivity contribution is 6.24. The smallest absolute Gasteiger partial charge is 0.203 e. The van der Waals surface area contributed by atoms with Crippen molar-refractivity contribution in [3.05, 3.63) is 82.6 Å². The van der Waals surface area contributed by atoms with Gasteiger partial charge in [0.05, 0.1) is 5.56 Å². The summed E-state index contributed by atoms with van der Waals surface area (Å²) in [5.41, 5.74) is -3.08. The van der Waals surface area contributed by atoms with E-state index in [1.165, 1.54) is 6.07 Å². The van der Waals surface area contributed by atoms with E-state index in [-0.39, 0.29) is 35.5 Å². The van der Waals surface area contributed by atoms with Crippen LogP contribution < -0.4 is 0 Å². The molecule has 0 radical (unpaired) electrons. The summed E-state index contributed by atoms with van der Waals surface area (Å²) in [5, 5.41) is 46.2. The van der Waals surface area contributed by atoms with Crippen LogP contribution in [0, 0.1) is 22.7 Å². The maximum atomic E-state index is 14.5. The van der Waals surface area contributed by atoms with Crippen LogP contribution in [-0.2, 0) is 32.0 Å². The van der Waals surface area contributed by atoms with E-state index in [1.807, 2.05) is 24.3 Å². The van der Waals surface area contributed by atoms with E-state index < -0.39 is 62.7 Å². The van der Waals surface area contributed by atoms with Crippen LogP contribution in [0.4, 0.5) is 0 Å². The minimum absolute atomic E-state index is 0.0196. The zero-order chi connectivity index (χ0) is 33.2. The predicted octanol–water partition coefficient (Wildman–Crippen LogP) is 5.93. The molecule has 4 atom stereocenters. The number of rotatable bonds is 8. The van der Waals surface area contributed by atoms with Crippen molar-refractivity contribution in [3.63, 3.8) is 0 Å². The largest absolute Gasteiger partial charge is 0.508 e. The molecule has 8 heteroatoms. The summed E-state index contributed by atoms with van der Waals surface area (Å²) in [6.45, 7) is 11.7. The molecule has 0 bridgehead atoms. The number of aliphatic hydroxyl groups is 3. The summed E-state index contributed by atoms with van der Waals surface area (Å²) in [7, 11) is 0. The van der Waals surface area contributed by atoms with Gasteiger partial charge in [0.15, 0.2) is 17.2 Å². The third-order valence-electron chi connectivity index (χ3n) is 10.2. The lowest BCUT2D eigenvalue weighted by Gasteiger charge is -2.59. The molecular weight excluding hydrogens is 572 g/mol. The highest BCUT2D eigenvalue weighted by atomic mass is 16.3. The lowest BCUT2D eigenvalue weighted by atomic mass is 9.43. The number of carbonyl (C=O) groups excluding carboxylic acids is 4. The van der Waals surface area contributed by atoms with Gasteiger partial charge in [-0.1, -0.05) is 64.1 Å². The molecule has 0 saturated heterocycles. The highest BCUT2D eigenvalue weighted by Crippen LogP contribution is 2.65. The topological polar surface area (TPSA) is 149 Å². The Balaban J connectivity index is 1.67. The molecule has 5 rings (SSSR count). The molecule has 1 unspecified atom stereocenters. The van der Waals surface area contributed by atoms with E-state index in [0.717, 1.165) is 18.1 Å². The lowest BCUT2D eigenvalue weighted by molar-refractivity contribution is -0.178. The molecule has 0 aliphatic heterocycles. The average molecular weight is 613 g/mol. The number of hydrogen-bond donors (Lipinski definition) is 4. The molecular formula is C37H40O8. The number of aromatic hydroxyl groups is 1. The number of hydrogen-bond acceptors (Lipinski definition) is 8. The van der Waals surface area contributed by atoms with Crippen LogP contribution in [-0.4, -0.2) is 49.2 Å². The normalized spacial score (nSPS) is 27.7. The van der Waals surface area contributed by atoms with Crippen LogP contribution >= 0.6 is 0 Å². The summed E-state index contributed by atoms with van der Waals surface area (Å²) in [4.78, 5) is 53.0. The van der Waals surface area contributed by atoms with Gasteiger partial charge in [-0.2, -0.15) is 0 Å². The van der Waals surface area contributed by atoms with Gasteiger partial charge >= 0.3 is 0 Å². The van der Waals surface area contributed by atoms with Crippen LogP contribution in [0.25, 0.3) is 16.9 Å². The molecule has 2 aromatic carbocycles. The minimum atomic E-state index is -2.65. The summed E-state index contributed by atoms with van der Waals surface area (Å²) < 4.78 is 0. The molecule has 8 nitrogen and oxygen atoms in total. The van der Waals surface area contributed by atoms with E-state index >= 15 is 0 Å². The number of phenols is 1. The van der Waals surface area contributed by atoms with E-state index in [0.29, 0.717) is 30.4 Å². The fourth-order valence-corrected chi connectivity index (χ4v) is 8.37. The van der Waals surface area contributed by atoms with Gasteiger partial charge in [0.25, 0.3) is 0 Å². The Hall–Kier alpha value is -4.30. The molecule has 0 aromatic heterocycles. The van der Waals surface area contributed by atoms with Crippen molar-refractivity contribution >= 4 is 28.9 Å². The van der Waals surface area contributed by atoms with E-state index in [1.54, 1.807) is 39.8 Å². The second-order valence-electron chi connectivity index (χ2n) is 13.7. The second-order valence-corrected chi connectivity index (χ2v) is 13.7. The number of benzene rings is 2. The first kappa shape index (κ1) is 32.1. The molecule has 236 valence electrons. The molecule has 3 aliphatic rings. The van der Waals surface area contributed by atoms with Crippen molar-refractivity contribution < 1.29 is 39.6 Å². The van der Waals surface area contributed by atoms with Crippen molar-refractivity contribution in [3.8, 4) is 16.9 Å². The third kappa shape index (κ3) is 4.60. The molecule has 1 saturated carbocycles. The molecule has 2 aromatic rings. The summed E-state index contributed by atoms with van der Waals surface area (Å²) in [5.74, 6) is -5.41. The molecule has 0 heterocycles. The number of phenolic OH excluding ortho intramolecular Hbond substituents is 1. The lowest BCUT2D eigenvalue weighted by Crippen LogP contribution is -2.69. The van der Waals surface area contributed by atoms with Crippen LogP contribution in [0.2, 0.25) is 0 Å². The van der Waals surface area contributed by atoms with Gasteiger partial charge in [0, 0.05) is 35.2 Å². The maximum absolute atomic E-state index is 14.5. The quantitative estimate of drug-likeness (QED) is 0.212. The first-order valence-electron chi connectivity index (χ1n) is 15.3. The fraction of sp³-hybridized carbons (Fsp3) is 0.405. The Kier molecular flexibility index (Phi) is 7.81. The minimum Gasteiger partial charge on any atom is -0.508 e. The standard InChI is InChI=1S/C37H40O8/c1-7-8-9-23(39)16-21-10-12-22(13-11-21)24-14-15-26(40)28-25(24)17-35(5)18-36(6)29(19(2)3)31(41)27(20(4)38)33(43)37(36,45)34(44)30(35)32(28)42/h7,10-15,19,29,40,42-43,45H,1,8-9,16-18H2,2-6H3/t29?,35-,36-,37+/m1/s1. The molecule has 45 heavy (non-hydrogen) atoms. The van der Waals surface area contributed by atoms with Crippen molar-refractivity contribution in [2.24, 2.45) is 22.7 Å². The van der Waals surface area contributed by atoms with Crippen LogP contribution in [0.15, 0.2) is 66.0 Å². The number of fused-ring (bicyclic) bond motifs is 3.